The molecular formula is C13H25N3O4. The van der Waals surface area contributed by atoms with Crippen LogP contribution in [0.15, 0.2) is 0 Å². The topological polar surface area (TPSA) is 102 Å². The summed E-state index contributed by atoms with van der Waals surface area (Å²) < 4.78 is 0. The first-order chi connectivity index (χ1) is 9.28. The third-order valence-electron chi connectivity index (χ3n) is 4.10. The van der Waals surface area contributed by atoms with Crippen LogP contribution >= 0.6 is 0 Å². The Morgan fingerprint density at radius 2 is 1.85 bits per heavy atom. The number of aliphatic hydroxyl groups is 1. The largest absolute Gasteiger partial charge is 0.480 e. The van der Waals surface area contributed by atoms with Gasteiger partial charge in [-0.05, 0) is 33.9 Å². The van der Waals surface area contributed by atoms with Crippen LogP contribution in [0.1, 0.15) is 32.6 Å². The molecule has 1 rings (SSSR count). The third kappa shape index (κ3) is 4.08. The van der Waals surface area contributed by atoms with Crippen molar-refractivity contribution in [2.75, 3.05) is 20.6 Å². The Bertz CT molecular complexity index is 352. The summed E-state index contributed by atoms with van der Waals surface area (Å²) in [6.45, 7) is 1.80. The second-order valence-electron chi connectivity index (χ2n) is 5.71. The van der Waals surface area contributed by atoms with Gasteiger partial charge in [0, 0.05) is 12.1 Å². The standard InChI is InChI=1S/C13H25N3O4/c1-9(17)10(11(18)19)15-12(20)14-8-13(16(2)3)6-4-5-7-13/h9-10,17H,4-8H2,1-3H3,(H,18,19)(H2,14,15,20)/t9-,10+/m1/s1. The van der Waals surface area contributed by atoms with E-state index in [1.807, 2.05) is 14.1 Å². The van der Waals surface area contributed by atoms with E-state index in [0.717, 1.165) is 25.7 Å². The minimum Gasteiger partial charge on any atom is -0.480 e. The van der Waals surface area contributed by atoms with Crippen molar-refractivity contribution in [3.8, 4) is 0 Å². The van der Waals surface area contributed by atoms with Crippen molar-refractivity contribution in [3.63, 3.8) is 0 Å². The summed E-state index contributed by atoms with van der Waals surface area (Å²) in [6.07, 6.45) is 3.14. The number of amides is 2. The number of nitrogens with one attached hydrogen (secondary N) is 2. The molecule has 4 N–H and O–H groups in total. The minimum absolute atomic E-state index is 0.0547. The number of likely N-dealkylation sites (N-methyl/N-ethyl adjacent to an activating group) is 1. The average Bonchev–Trinajstić information content (AvgIpc) is 2.82. The van der Waals surface area contributed by atoms with Crippen molar-refractivity contribution in [3.05, 3.63) is 0 Å². The van der Waals surface area contributed by atoms with E-state index in [2.05, 4.69) is 15.5 Å². The zero-order valence-corrected chi connectivity index (χ0v) is 12.3. The van der Waals surface area contributed by atoms with Gasteiger partial charge >= 0.3 is 12.0 Å². The van der Waals surface area contributed by atoms with Crippen LogP contribution in [0.2, 0.25) is 0 Å². The van der Waals surface area contributed by atoms with Crippen LogP contribution in [0, 0.1) is 0 Å². The zero-order valence-electron chi connectivity index (χ0n) is 12.3. The van der Waals surface area contributed by atoms with Gasteiger partial charge in [0.2, 0.25) is 0 Å². The minimum atomic E-state index is -1.30. The van der Waals surface area contributed by atoms with Gasteiger partial charge in [0.05, 0.1) is 6.10 Å². The Morgan fingerprint density at radius 3 is 2.25 bits per heavy atom. The molecule has 1 fully saturated rings. The number of nitrogens with zero attached hydrogens (tertiary/aromatic N) is 1. The Labute approximate surface area is 119 Å². The molecule has 20 heavy (non-hydrogen) atoms. The van der Waals surface area contributed by atoms with Crippen LogP contribution in [0.5, 0.6) is 0 Å². The van der Waals surface area contributed by atoms with Gasteiger partial charge in [-0.25, -0.2) is 9.59 Å². The van der Waals surface area contributed by atoms with E-state index in [4.69, 9.17) is 5.11 Å². The molecule has 0 aliphatic heterocycles. The molecule has 0 saturated heterocycles. The van der Waals surface area contributed by atoms with Gasteiger partial charge < -0.3 is 25.7 Å². The van der Waals surface area contributed by atoms with Crippen LogP contribution in [0.25, 0.3) is 0 Å². The first kappa shape index (κ1) is 16.7. The van der Waals surface area contributed by atoms with Crippen molar-refractivity contribution in [2.45, 2.75) is 50.3 Å². The lowest BCUT2D eigenvalue weighted by Crippen LogP contribution is -2.56. The van der Waals surface area contributed by atoms with Crippen LogP contribution in [0.4, 0.5) is 4.79 Å². The lowest BCUT2D eigenvalue weighted by atomic mass is 9.96. The number of carbonyl (C=O) groups excluding carboxylic acids is 1. The van der Waals surface area contributed by atoms with Gasteiger partial charge in [-0.15, -0.1) is 0 Å². The number of urea groups is 1. The summed E-state index contributed by atoms with van der Waals surface area (Å²) >= 11 is 0. The summed E-state index contributed by atoms with van der Waals surface area (Å²) in [5, 5.41) is 23.2. The molecule has 0 heterocycles. The van der Waals surface area contributed by atoms with Crippen LogP contribution in [0.3, 0.4) is 0 Å². The maximum absolute atomic E-state index is 11.8. The van der Waals surface area contributed by atoms with Crippen molar-refractivity contribution in [1.29, 1.82) is 0 Å². The first-order valence-corrected chi connectivity index (χ1v) is 6.91. The summed E-state index contributed by atoms with van der Waals surface area (Å²) in [6, 6.07) is -1.86. The number of rotatable bonds is 6. The molecule has 0 spiro atoms. The smallest absolute Gasteiger partial charge is 0.328 e. The van der Waals surface area contributed by atoms with Gasteiger partial charge in [0.25, 0.3) is 0 Å². The fourth-order valence-corrected chi connectivity index (χ4v) is 2.64. The monoisotopic (exact) mass is 287 g/mol. The molecule has 7 heteroatoms. The lowest BCUT2D eigenvalue weighted by molar-refractivity contribution is -0.141. The second kappa shape index (κ2) is 6.90. The molecule has 7 nitrogen and oxygen atoms in total. The molecular weight excluding hydrogens is 262 g/mol. The maximum atomic E-state index is 11.8. The van der Waals surface area contributed by atoms with Gasteiger partial charge in [0.15, 0.2) is 6.04 Å². The molecule has 1 aliphatic carbocycles. The molecule has 2 atom stereocenters. The third-order valence-corrected chi connectivity index (χ3v) is 4.10. The molecule has 116 valence electrons. The average molecular weight is 287 g/mol. The molecule has 1 saturated carbocycles. The SMILES string of the molecule is C[C@@H](O)[C@H](NC(=O)NCC1(N(C)C)CCCC1)C(=O)O. The fourth-order valence-electron chi connectivity index (χ4n) is 2.64. The van der Waals surface area contributed by atoms with Crippen molar-refractivity contribution < 1.29 is 19.8 Å². The number of carbonyl (C=O) groups is 2. The first-order valence-electron chi connectivity index (χ1n) is 6.91. The van der Waals surface area contributed by atoms with E-state index in [-0.39, 0.29) is 5.54 Å². The van der Waals surface area contributed by atoms with E-state index in [1.165, 1.54) is 6.92 Å². The second-order valence-corrected chi connectivity index (χ2v) is 5.71. The molecule has 1 aliphatic rings. The molecule has 0 radical (unpaired) electrons. The van der Waals surface area contributed by atoms with Crippen molar-refractivity contribution >= 4 is 12.0 Å². The fraction of sp³-hybridized carbons (Fsp3) is 0.846. The summed E-state index contributed by atoms with van der Waals surface area (Å²) in [7, 11) is 3.97. The number of carboxylic acid groups (broad SMARTS) is 1. The highest BCUT2D eigenvalue weighted by atomic mass is 16.4. The number of hydrogen-bond donors (Lipinski definition) is 4. The van der Waals surface area contributed by atoms with Crippen LogP contribution < -0.4 is 10.6 Å². The quantitative estimate of drug-likeness (QED) is 0.550. The summed E-state index contributed by atoms with van der Waals surface area (Å²) in [5.41, 5.74) is -0.0547. The van der Waals surface area contributed by atoms with E-state index >= 15 is 0 Å². The number of aliphatic carboxylic acids is 1. The summed E-state index contributed by atoms with van der Waals surface area (Å²) in [4.78, 5) is 24.8. The molecule has 0 unspecified atom stereocenters. The molecule has 0 aromatic rings. The van der Waals surface area contributed by atoms with Gasteiger partial charge in [-0.3, -0.25) is 0 Å². The molecule has 0 aromatic carbocycles. The highest BCUT2D eigenvalue weighted by Crippen LogP contribution is 2.32. The zero-order chi connectivity index (χ0) is 15.3. The Kier molecular flexibility index (Phi) is 5.76. The normalized spacial score (nSPS) is 20.4. The van der Waals surface area contributed by atoms with E-state index < -0.39 is 24.1 Å². The number of aliphatic hydroxyl groups excluding tert-OH is 1. The van der Waals surface area contributed by atoms with E-state index in [0.29, 0.717) is 6.54 Å². The Balaban J connectivity index is 2.52. The highest BCUT2D eigenvalue weighted by Gasteiger charge is 2.36. The van der Waals surface area contributed by atoms with E-state index in [1.54, 1.807) is 0 Å². The predicted octanol–water partition coefficient (Wildman–Crippen LogP) is -0.00600. The maximum Gasteiger partial charge on any atom is 0.328 e. The van der Waals surface area contributed by atoms with Gasteiger partial charge in [-0.1, -0.05) is 12.8 Å². The predicted molar refractivity (Wildman–Crippen MR) is 74.5 cm³/mol. The number of carboxylic acids is 1. The number of hydrogen-bond acceptors (Lipinski definition) is 4. The Hall–Kier alpha value is -1.34. The van der Waals surface area contributed by atoms with Gasteiger partial charge in [0.1, 0.15) is 0 Å². The Morgan fingerprint density at radius 1 is 1.30 bits per heavy atom. The summed E-state index contributed by atoms with van der Waals surface area (Å²) in [5.74, 6) is -1.25. The molecule has 0 aromatic heterocycles. The molecule has 2 amide bonds. The van der Waals surface area contributed by atoms with Crippen molar-refractivity contribution in [2.24, 2.45) is 0 Å². The highest BCUT2D eigenvalue weighted by molar-refractivity contribution is 5.82. The van der Waals surface area contributed by atoms with Crippen LogP contribution in [-0.2, 0) is 4.79 Å². The lowest BCUT2D eigenvalue weighted by Gasteiger charge is -2.36. The van der Waals surface area contributed by atoms with Crippen LogP contribution in [-0.4, -0.2) is 65.4 Å². The van der Waals surface area contributed by atoms with Gasteiger partial charge in [-0.2, -0.15) is 0 Å². The van der Waals surface area contributed by atoms with E-state index in [9.17, 15) is 14.7 Å². The molecule has 0 bridgehead atoms. The van der Waals surface area contributed by atoms with Crippen molar-refractivity contribution in [1.82, 2.24) is 15.5 Å².